The van der Waals surface area contributed by atoms with Crippen molar-refractivity contribution in [3.05, 3.63) is 30.2 Å². The molecule has 0 fully saturated rings. The van der Waals surface area contributed by atoms with Crippen LogP contribution in [0.1, 0.15) is 26.5 Å². The topological polar surface area (TPSA) is 187 Å². The van der Waals surface area contributed by atoms with Crippen LogP contribution in [0.2, 0.25) is 0 Å². The van der Waals surface area contributed by atoms with Crippen LogP contribution in [0.4, 0.5) is 16.6 Å². The van der Waals surface area contributed by atoms with E-state index in [-0.39, 0.29) is 22.1 Å². The first-order valence-electron chi connectivity index (χ1n) is 8.36. The standard InChI is InChI=1S/C15H17N7O6S3/c1-15(2,3)12-11(19-20-14-17-7-18-29-14)13(16)22(21-12)8-4-9(30-28-27-23)6-10(5-8)31(24,25)26/h4-7,23H,16H2,1-3H3,(H,24,25,26). The molecule has 4 N–H and O–H groups in total. The minimum atomic E-state index is -4.58. The number of aromatic nitrogens is 4. The van der Waals surface area contributed by atoms with Crippen LogP contribution in [0.25, 0.3) is 5.69 Å². The van der Waals surface area contributed by atoms with Gasteiger partial charge in [0.2, 0.25) is 5.13 Å². The van der Waals surface area contributed by atoms with Gasteiger partial charge in [0.25, 0.3) is 10.1 Å². The Hall–Kier alpha value is -2.47. The molecule has 3 aromatic rings. The highest BCUT2D eigenvalue weighted by Crippen LogP contribution is 2.38. The highest BCUT2D eigenvalue weighted by atomic mass is 32.2. The molecule has 2 aromatic heterocycles. The van der Waals surface area contributed by atoms with Gasteiger partial charge in [0.15, 0.2) is 11.5 Å². The zero-order chi connectivity index (χ0) is 22.8. The van der Waals surface area contributed by atoms with Crippen LogP contribution in [-0.2, 0) is 24.9 Å². The fraction of sp³-hybridized carbons (Fsp3) is 0.267. The maximum Gasteiger partial charge on any atom is 0.294 e. The molecular weight excluding hydrogens is 470 g/mol. The molecule has 16 heteroatoms. The molecule has 0 saturated heterocycles. The molecule has 0 unspecified atom stereocenters. The Morgan fingerprint density at radius 2 is 2.00 bits per heavy atom. The van der Waals surface area contributed by atoms with Crippen molar-refractivity contribution < 1.29 is 27.6 Å². The summed E-state index contributed by atoms with van der Waals surface area (Å²) in [5.41, 5.74) is 6.72. The van der Waals surface area contributed by atoms with Crippen LogP contribution >= 0.6 is 23.6 Å². The lowest BCUT2D eigenvalue weighted by molar-refractivity contribution is -0.432. The number of benzene rings is 1. The lowest BCUT2D eigenvalue weighted by Gasteiger charge is -2.15. The summed E-state index contributed by atoms with van der Waals surface area (Å²) in [5.74, 6) is 0.0703. The van der Waals surface area contributed by atoms with Gasteiger partial charge in [-0.15, -0.1) is 14.6 Å². The molecule has 3 rings (SSSR count). The highest BCUT2D eigenvalue weighted by Gasteiger charge is 2.27. The summed E-state index contributed by atoms with van der Waals surface area (Å²) in [4.78, 5) is 3.66. The van der Waals surface area contributed by atoms with Crippen LogP contribution in [0, 0.1) is 0 Å². The molecule has 0 aliphatic rings. The first-order chi connectivity index (χ1) is 14.5. The van der Waals surface area contributed by atoms with E-state index in [9.17, 15) is 13.0 Å². The molecule has 0 aliphatic carbocycles. The van der Waals surface area contributed by atoms with Gasteiger partial charge in [0.1, 0.15) is 6.33 Å². The van der Waals surface area contributed by atoms with E-state index < -0.39 is 20.4 Å². The van der Waals surface area contributed by atoms with E-state index in [1.165, 1.54) is 23.1 Å². The fourth-order valence-corrected chi connectivity index (χ4v) is 3.89. The predicted molar refractivity (Wildman–Crippen MR) is 111 cm³/mol. The number of azo groups is 1. The molecule has 1 aromatic carbocycles. The van der Waals surface area contributed by atoms with E-state index in [0.29, 0.717) is 22.9 Å². The molecule has 166 valence electrons. The van der Waals surface area contributed by atoms with Gasteiger partial charge >= 0.3 is 0 Å². The minimum Gasteiger partial charge on any atom is -0.382 e. The zero-order valence-corrected chi connectivity index (χ0v) is 18.8. The van der Waals surface area contributed by atoms with Gasteiger partial charge in [0.05, 0.1) is 28.3 Å². The lowest BCUT2D eigenvalue weighted by Crippen LogP contribution is -2.13. The Labute approximate surface area is 184 Å². The van der Waals surface area contributed by atoms with Crippen LogP contribution < -0.4 is 5.73 Å². The van der Waals surface area contributed by atoms with Crippen molar-refractivity contribution in [3.8, 4) is 5.69 Å². The molecule has 0 amide bonds. The average molecular weight is 488 g/mol. The second kappa shape index (κ2) is 8.95. The molecule has 0 aliphatic heterocycles. The smallest absolute Gasteiger partial charge is 0.294 e. The van der Waals surface area contributed by atoms with Gasteiger partial charge < -0.3 is 5.73 Å². The summed E-state index contributed by atoms with van der Waals surface area (Å²) in [5, 5.41) is 24.9. The second-order valence-corrected chi connectivity index (χ2v) is 9.99. The van der Waals surface area contributed by atoms with Crippen molar-refractivity contribution in [3.63, 3.8) is 0 Å². The summed E-state index contributed by atoms with van der Waals surface area (Å²) < 4.78 is 42.4. The third kappa shape index (κ3) is 5.42. The molecule has 0 bridgehead atoms. The van der Waals surface area contributed by atoms with Gasteiger partial charge in [-0.2, -0.15) is 17.9 Å². The predicted octanol–water partition coefficient (Wildman–Crippen LogP) is 3.69. The molecule has 31 heavy (non-hydrogen) atoms. The van der Waals surface area contributed by atoms with E-state index in [1.54, 1.807) is 0 Å². The van der Waals surface area contributed by atoms with Crippen molar-refractivity contribution in [2.24, 2.45) is 10.2 Å². The first-order valence-corrected chi connectivity index (χ1v) is 11.3. The van der Waals surface area contributed by atoms with E-state index in [2.05, 4.69) is 34.1 Å². The molecule has 13 nitrogen and oxygen atoms in total. The monoisotopic (exact) mass is 487 g/mol. The Kier molecular flexibility index (Phi) is 6.70. The first kappa shape index (κ1) is 23.2. The number of nitrogens with two attached hydrogens (primary N) is 1. The Bertz CT molecular complexity index is 1200. The highest BCUT2D eigenvalue weighted by molar-refractivity contribution is 7.94. The van der Waals surface area contributed by atoms with E-state index in [0.717, 1.165) is 17.6 Å². The normalized spacial score (nSPS) is 12.7. The fourth-order valence-electron chi connectivity index (χ4n) is 2.46. The third-order valence-corrected chi connectivity index (χ3v) is 5.70. The van der Waals surface area contributed by atoms with Crippen molar-refractivity contribution >= 4 is 50.3 Å². The summed E-state index contributed by atoms with van der Waals surface area (Å²) in [7, 11) is -4.58. The quantitative estimate of drug-likeness (QED) is 0.145. The lowest BCUT2D eigenvalue weighted by atomic mass is 9.91. The number of nitrogen functional groups attached to an aromatic ring is 1. The summed E-state index contributed by atoms with van der Waals surface area (Å²) >= 11 is 1.55. The largest absolute Gasteiger partial charge is 0.382 e. The van der Waals surface area contributed by atoms with Crippen molar-refractivity contribution in [1.82, 2.24) is 19.1 Å². The van der Waals surface area contributed by atoms with E-state index in [1.807, 2.05) is 20.8 Å². The maximum absolute atomic E-state index is 11.7. The molecule has 0 atom stereocenters. The summed E-state index contributed by atoms with van der Waals surface area (Å²) in [6.07, 6.45) is 1.34. The van der Waals surface area contributed by atoms with Crippen LogP contribution in [0.15, 0.2) is 44.5 Å². The average Bonchev–Trinajstić information content (AvgIpc) is 3.31. The van der Waals surface area contributed by atoms with E-state index in [4.69, 9.17) is 11.0 Å². The van der Waals surface area contributed by atoms with Gasteiger partial charge in [0, 0.05) is 21.8 Å². The third-order valence-electron chi connectivity index (χ3n) is 3.76. The Balaban J connectivity index is 2.18. The Morgan fingerprint density at radius 1 is 1.26 bits per heavy atom. The molecule has 0 saturated carbocycles. The van der Waals surface area contributed by atoms with Crippen molar-refractivity contribution in [1.29, 1.82) is 0 Å². The van der Waals surface area contributed by atoms with Gasteiger partial charge in [-0.25, -0.2) is 14.9 Å². The summed E-state index contributed by atoms with van der Waals surface area (Å²) in [6, 6.07) is 3.74. The van der Waals surface area contributed by atoms with Crippen LogP contribution in [0.3, 0.4) is 0 Å². The maximum atomic E-state index is 11.7. The van der Waals surface area contributed by atoms with E-state index >= 15 is 0 Å². The SMILES string of the molecule is CC(C)(C)c1nn(-c2cc(SOOO)cc(S(=O)(=O)O)c2)c(N)c1N=Nc1ncns1. The van der Waals surface area contributed by atoms with Crippen LogP contribution in [0.5, 0.6) is 0 Å². The minimum absolute atomic E-state index is 0.0703. The number of nitrogens with zero attached hydrogens (tertiary/aromatic N) is 6. The molecule has 0 spiro atoms. The van der Waals surface area contributed by atoms with Crippen LogP contribution in [-0.4, -0.2) is 37.4 Å². The zero-order valence-electron chi connectivity index (χ0n) is 16.3. The second-order valence-electron chi connectivity index (χ2n) is 7.03. The Morgan fingerprint density at radius 3 is 2.58 bits per heavy atom. The molecular formula is C15H17N7O6S3. The van der Waals surface area contributed by atoms with Crippen molar-refractivity contribution in [2.45, 2.75) is 36.0 Å². The van der Waals surface area contributed by atoms with Gasteiger partial charge in [-0.1, -0.05) is 25.8 Å². The number of rotatable bonds is 7. The van der Waals surface area contributed by atoms with Gasteiger partial charge in [-0.05, 0) is 18.2 Å². The summed E-state index contributed by atoms with van der Waals surface area (Å²) in [6.45, 7) is 5.68. The van der Waals surface area contributed by atoms with Gasteiger partial charge in [-0.3, -0.25) is 4.55 Å². The van der Waals surface area contributed by atoms with Crippen molar-refractivity contribution in [2.75, 3.05) is 5.73 Å². The number of hydrogen-bond acceptors (Lipinski definition) is 13. The molecule has 0 radical (unpaired) electrons. The number of hydrogen-bond donors (Lipinski definition) is 3. The molecule has 2 heterocycles. The number of anilines is 1.